The van der Waals surface area contributed by atoms with Crippen molar-refractivity contribution in [2.45, 2.75) is 81.3 Å². The number of carbonyl (C=O) groups excluding carboxylic acids is 1. The first-order valence-electron chi connectivity index (χ1n) is 10.0. The summed E-state index contributed by atoms with van der Waals surface area (Å²) in [6.45, 7) is 0. The van der Waals surface area contributed by atoms with Gasteiger partial charge in [-0.15, -0.1) is 0 Å². The van der Waals surface area contributed by atoms with E-state index >= 15 is 0 Å². The SMILES string of the molecule is O=CC1C2NC3CCC(O)CC3C2CC2NC3C(O)CCCC3C21. The van der Waals surface area contributed by atoms with Crippen LogP contribution in [0.5, 0.6) is 0 Å². The first-order valence-corrected chi connectivity index (χ1v) is 10.0. The maximum absolute atomic E-state index is 12.1. The maximum Gasteiger partial charge on any atom is 0.124 e. The minimum atomic E-state index is -0.251. The molecule has 5 nitrogen and oxygen atoms in total. The second-order valence-electron chi connectivity index (χ2n) is 9.08. The van der Waals surface area contributed by atoms with E-state index in [-0.39, 0.29) is 30.2 Å². The molecule has 134 valence electrons. The molecule has 5 heteroatoms. The van der Waals surface area contributed by atoms with E-state index in [1.54, 1.807) is 0 Å². The van der Waals surface area contributed by atoms with Crippen LogP contribution < -0.4 is 10.6 Å². The highest BCUT2D eigenvalue weighted by Gasteiger charge is 2.59. The summed E-state index contributed by atoms with van der Waals surface area (Å²) in [5.41, 5.74) is 0. The molecule has 2 saturated heterocycles. The molecule has 24 heavy (non-hydrogen) atoms. The maximum atomic E-state index is 12.1. The summed E-state index contributed by atoms with van der Waals surface area (Å²) in [4.78, 5) is 12.1. The number of aliphatic hydroxyl groups is 2. The fourth-order valence-corrected chi connectivity index (χ4v) is 7.23. The first-order chi connectivity index (χ1) is 11.7. The Morgan fingerprint density at radius 1 is 0.833 bits per heavy atom. The van der Waals surface area contributed by atoms with E-state index < -0.39 is 0 Å². The van der Waals surface area contributed by atoms with Gasteiger partial charge in [-0.1, -0.05) is 6.42 Å². The number of fused-ring (bicyclic) bond motifs is 6. The molecule has 0 aromatic carbocycles. The van der Waals surface area contributed by atoms with Gasteiger partial charge in [0.2, 0.25) is 0 Å². The Labute approximate surface area is 143 Å². The lowest BCUT2D eigenvalue weighted by atomic mass is 9.61. The molecule has 2 aliphatic heterocycles. The average molecular weight is 334 g/mol. The van der Waals surface area contributed by atoms with Crippen molar-refractivity contribution in [2.24, 2.45) is 29.6 Å². The van der Waals surface area contributed by atoms with Crippen LogP contribution in [0.3, 0.4) is 0 Å². The van der Waals surface area contributed by atoms with E-state index in [0.717, 1.165) is 44.9 Å². The summed E-state index contributed by atoms with van der Waals surface area (Å²) in [5.74, 6) is 1.89. The van der Waals surface area contributed by atoms with Crippen LogP contribution in [0.25, 0.3) is 0 Å². The van der Waals surface area contributed by atoms with Crippen molar-refractivity contribution in [3.63, 3.8) is 0 Å². The van der Waals surface area contributed by atoms with Crippen molar-refractivity contribution < 1.29 is 15.0 Å². The van der Waals surface area contributed by atoms with Crippen LogP contribution >= 0.6 is 0 Å². The lowest BCUT2D eigenvalue weighted by molar-refractivity contribution is -0.116. The predicted molar refractivity (Wildman–Crippen MR) is 89.3 cm³/mol. The van der Waals surface area contributed by atoms with Crippen molar-refractivity contribution in [1.82, 2.24) is 10.6 Å². The lowest BCUT2D eigenvalue weighted by Crippen LogP contribution is -2.52. The second kappa shape index (κ2) is 5.76. The van der Waals surface area contributed by atoms with Crippen LogP contribution in [0.15, 0.2) is 0 Å². The molecule has 0 amide bonds. The minimum Gasteiger partial charge on any atom is -0.393 e. The van der Waals surface area contributed by atoms with Gasteiger partial charge >= 0.3 is 0 Å². The van der Waals surface area contributed by atoms with Gasteiger partial charge in [0.05, 0.1) is 12.2 Å². The van der Waals surface area contributed by atoms with E-state index in [1.807, 2.05) is 0 Å². The zero-order chi connectivity index (χ0) is 16.4. The normalized spacial score (nSPS) is 59.2. The Balaban J connectivity index is 1.44. The molecule has 3 aliphatic carbocycles. The Hall–Kier alpha value is -0.490. The third-order valence-corrected chi connectivity index (χ3v) is 8.11. The molecule has 2 heterocycles. The molecule has 0 aromatic rings. The van der Waals surface area contributed by atoms with Crippen molar-refractivity contribution in [1.29, 1.82) is 0 Å². The molecular formula is C19H30N2O3. The van der Waals surface area contributed by atoms with Gasteiger partial charge in [0.15, 0.2) is 0 Å². The minimum absolute atomic E-state index is 0.0595. The molecule has 4 N–H and O–H groups in total. The number of carbonyl (C=O) groups is 1. The second-order valence-corrected chi connectivity index (χ2v) is 9.08. The molecule has 11 unspecified atom stereocenters. The summed E-state index contributed by atoms with van der Waals surface area (Å²) in [5, 5.41) is 28.1. The molecule has 0 aromatic heterocycles. The molecule has 0 radical (unpaired) electrons. The fourth-order valence-electron chi connectivity index (χ4n) is 7.23. The summed E-state index contributed by atoms with van der Waals surface area (Å²) in [7, 11) is 0. The number of aldehydes is 1. The van der Waals surface area contributed by atoms with Crippen LogP contribution in [-0.2, 0) is 4.79 Å². The van der Waals surface area contributed by atoms with Gasteiger partial charge in [0, 0.05) is 30.1 Å². The monoisotopic (exact) mass is 334 g/mol. The van der Waals surface area contributed by atoms with Crippen LogP contribution in [0.1, 0.15) is 44.9 Å². The average Bonchev–Trinajstić information content (AvgIpc) is 3.12. The van der Waals surface area contributed by atoms with E-state index in [4.69, 9.17) is 0 Å². The smallest absolute Gasteiger partial charge is 0.124 e. The molecule has 5 rings (SSSR count). The van der Waals surface area contributed by atoms with Crippen LogP contribution in [0.4, 0.5) is 0 Å². The zero-order valence-corrected chi connectivity index (χ0v) is 14.2. The predicted octanol–water partition coefficient (Wildman–Crippen LogP) is 0.440. The largest absolute Gasteiger partial charge is 0.393 e. The molecule has 11 atom stereocenters. The van der Waals surface area contributed by atoms with Gasteiger partial charge in [-0.2, -0.15) is 0 Å². The van der Waals surface area contributed by atoms with Crippen molar-refractivity contribution in [3.8, 4) is 0 Å². The topological polar surface area (TPSA) is 81.6 Å². The molecule has 0 bridgehead atoms. The molecule has 0 spiro atoms. The van der Waals surface area contributed by atoms with Gasteiger partial charge in [0.25, 0.3) is 0 Å². The zero-order valence-electron chi connectivity index (χ0n) is 14.2. The quantitative estimate of drug-likeness (QED) is 0.523. The first kappa shape index (κ1) is 15.7. The van der Waals surface area contributed by atoms with Crippen molar-refractivity contribution in [2.75, 3.05) is 0 Å². The summed E-state index contributed by atoms with van der Waals surface area (Å²) in [6, 6.07) is 1.31. The summed E-state index contributed by atoms with van der Waals surface area (Å²) >= 11 is 0. The molecule has 5 fully saturated rings. The van der Waals surface area contributed by atoms with Crippen LogP contribution in [0, 0.1) is 29.6 Å². The van der Waals surface area contributed by atoms with E-state index in [1.165, 1.54) is 6.29 Å². The highest BCUT2D eigenvalue weighted by Crippen LogP contribution is 2.53. The van der Waals surface area contributed by atoms with Gasteiger partial charge in [-0.3, -0.25) is 0 Å². The Bertz CT molecular complexity index is 515. The molecule has 3 saturated carbocycles. The Morgan fingerprint density at radius 2 is 1.67 bits per heavy atom. The fraction of sp³-hybridized carbons (Fsp3) is 0.947. The van der Waals surface area contributed by atoms with Gasteiger partial charge < -0.3 is 25.6 Å². The van der Waals surface area contributed by atoms with Crippen LogP contribution in [-0.4, -0.2) is 52.9 Å². The number of hydrogen-bond acceptors (Lipinski definition) is 5. The number of nitrogens with one attached hydrogen (secondary N) is 2. The van der Waals surface area contributed by atoms with Gasteiger partial charge in [0.1, 0.15) is 6.29 Å². The van der Waals surface area contributed by atoms with E-state index in [0.29, 0.717) is 35.8 Å². The van der Waals surface area contributed by atoms with Crippen LogP contribution in [0.2, 0.25) is 0 Å². The third-order valence-electron chi connectivity index (χ3n) is 8.11. The Kier molecular flexibility index (Phi) is 3.78. The standard InChI is InChI=1S/C19H30N2O3/c22-8-13-17-10-2-1-3-16(24)19(10)21-15(17)7-12-11-6-9(23)4-5-14(11)20-18(12)13/h8-21,23-24H,1-7H2. The van der Waals surface area contributed by atoms with Gasteiger partial charge in [-0.25, -0.2) is 0 Å². The highest BCUT2D eigenvalue weighted by molar-refractivity contribution is 5.57. The number of hydrogen-bond donors (Lipinski definition) is 4. The Morgan fingerprint density at radius 3 is 2.50 bits per heavy atom. The van der Waals surface area contributed by atoms with E-state index in [2.05, 4.69) is 10.6 Å². The highest BCUT2D eigenvalue weighted by atomic mass is 16.3. The van der Waals surface area contributed by atoms with Gasteiger partial charge in [-0.05, 0) is 62.2 Å². The third kappa shape index (κ3) is 2.17. The van der Waals surface area contributed by atoms with Crippen molar-refractivity contribution in [3.05, 3.63) is 0 Å². The molecular weight excluding hydrogens is 304 g/mol. The molecule has 5 aliphatic rings. The number of aliphatic hydroxyl groups excluding tert-OH is 2. The lowest BCUT2D eigenvalue weighted by Gasteiger charge is -2.43. The number of rotatable bonds is 1. The summed E-state index contributed by atoms with van der Waals surface area (Å²) in [6.07, 6.45) is 7.82. The van der Waals surface area contributed by atoms with Crippen molar-refractivity contribution >= 4 is 6.29 Å². The van der Waals surface area contributed by atoms with E-state index in [9.17, 15) is 15.0 Å². The summed E-state index contributed by atoms with van der Waals surface area (Å²) < 4.78 is 0.